The molecule has 22 heavy (non-hydrogen) atoms. The van der Waals surface area contributed by atoms with Crippen molar-refractivity contribution >= 4 is 5.71 Å². The van der Waals surface area contributed by atoms with E-state index in [0.29, 0.717) is 12.2 Å². The molecule has 0 saturated carbocycles. The van der Waals surface area contributed by atoms with Gasteiger partial charge in [0.15, 0.2) is 0 Å². The summed E-state index contributed by atoms with van der Waals surface area (Å²) in [6, 6.07) is 15.1. The molecule has 2 aromatic rings. The third kappa shape index (κ3) is 4.69. The van der Waals surface area contributed by atoms with Gasteiger partial charge >= 0.3 is 0 Å². The Labute approximate surface area is 131 Å². The molecule has 2 nitrogen and oxygen atoms in total. The molecule has 0 fully saturated rings. The first-order valence-electron chi connectivity index (χ1n) is 7.70. The van der Waals surface area contributed by atoms with Gasteiger partial charge in [-0.2, -0.15) is 0 Å². The lowest BCUT2D eigenvalue weighted by Gasteiger charge is -2.08. The molecule has 0 bridgehead atoms. The summed E-state index contributed by atoms with van der Waals surface area (Å²) >= 11 is 0. The van der Waals surface area contributed by atoms with Crippen molar-refractivity contribution in [3.8, 4) is 0 Å². The first-order chi connectivity index (χ1) is 10.7. The van der Waals surface area contributed by atoms with Gasteiger partial charge in [-0.3, -0.25) is 0 Å². The van der Waals surface area contributed by atoms with Crippen molar-refractivity contribution in [3.63, 3.8) is 0 Å². The molecule has 0 aliphatic heterocycles. The number of hydrogen-bond acceptors (Lipinski definition) is 2. The molecular formula is C19H22FNO. The third-order valence-corrected chi connectivity index (χ3v) is 3.52. The highest BCUT2D eigenvalue weighted by Crippen LogP contribution is 2.14. The van der Waals surface area contributed by atoms with Crippen molar-refractivity contribution in [3.05, 3.63) is 71.0 Å². The smallest absolute Gasteiger partial charge is 0.142 e. The summed E-state index contributed by atoms with van der Waals surface area (Å²) in [5.74, 6) is -0.204. The molecule has 0 atom stereocenters. The fourth-order valence-corrected chi connectivity index (χ4v) is 2.12. The van der Waals surface area contributed by atoms with Crippen LogP contribution in [0.4, 0.5) is 4.39 Å². The Hall–Kier alpha value is -2.16. The summed E-state index contributed by atoms with van der Waals surface area (Å²) in [5.41, 5.74) is 3.31. The van der Waals surface area contributed by atoms with Gasteiger partial charge in [-0.15, -0.1) is 0 Å². The van der Waals surface area contributed by atoms with Gasteiger partial charge in [0, 0.05) is 5.56 Å². The van der Waals surface area contributed by atoms with Crippen molar-refractivity contribution in [2.24, 2.45) is 5.16 Å². The average molecular weight is 299 g/mol. The maximum atomic E-state index is 13.8. The topological polar surface area (TPSA) is 21.6 Å². The summed E-state index contributed by atoms with van der Waals surface area (Å²) < 4.78 is 13.8. The largest absolute Gasteiger partial charge is 0.391 e. The Bertz CT molecular complexity index is 623. The van der Waals surface area contributed by atoms with E-state index in [0.717, 1.165) is 36.1 Å². The van der Waals surface area contributed by atoms with Crippen LogP contribution < -0.4 is 0 Å². The standard InChI is InChI=1S/C19H22FNO/c1-3-4-10-19(17-12-11-15(2)18(20)13-17)21-22-14-16-8-6-5-7-9-16/h5-9,11-13H,3-4,10,14H2,1-2H3/b21-19+. The minimum atomic E-state index is -0.204. The van der Waals surface area contributed by atoms with Crippen LogP contribution in [0.25, 0.3) is 0 Å². The average Bonchev–Trinajstić information content (AvgIpc) is 2.54. The number of benzene rings is 2. The van der Waals surface area contributed by atoms with E-state index in [1.54, 1.807) is 13.0 Å². The van der Waals surface area contributed by atoms with E-state index < -0.39 is 0 Å². The molecule has 0 heterocycles. The summed E-state index contributed by atoms with van der Waals surface area (Å²) in [5, 5.41) is 4.25. The Morgan fingerprint density at radius 2 is 1.91 bits per heavy atom. The maximum Gasteiger partial charge on any atom is 0.142 e. The van der Waals surface area contributed by atoms with Crippen LogP contribution in [0.3, 0.4) is 0 Å². The molecule has 0 N–H and O–H groups in total. The second-order valence-corrected chi connectivity index (χ2v) is 5.36. The highest BCUT2D eigenvalue weighted by atomic mass is 19.1. The highest BCUT2D eigenvalue weighted by Gasteiger charge is 2.07. The summed E-state index contributed by atoms with van der Waals surface area (Å²) in [7, 11) is 0. The lowest BCUT2D eigenvalue weighted by molar-refractivity contribution is 0.130. The van der Waals surface area contributed by atoms with Gasteiger partial charge in [-0.05, 0) is 37.0 Å². The number of aryl methyl sites for hydroxylation is 1. The number of oxime groups is 1. The summed E-state index contributed by atoms with van der Waals surface area (Å²) in [6.45, 7) is 4.30. The molecule has 0 amide bonds. The van der Waals surface area contributed by atoms with E-state index in [1.165, 1.54) is 6.07 Å². The molecule has 0 aromatic heterocycles. The fourth-order valence-electron chi connectivity index (χ4n) is 2.12. The number of nitrogens with zero attached hydrogens (tertiary/aromatic N) is 1. The second-order valence-electron chi connectivity index (χ2n) is 5.36. The first kappa shape index (κ1) is 16.2. The lowest BCUT2D eigenvalue weighted by atomic mass is 10.0. The fraction of sp³-hybridized carbons (Fsp3) is 0.316. The van der Waals surface area contributed by atoms with Crippen LogP contribution >= 0.6 is 0 Å². The molecule has 0 spiro atoms. The molecule has 0 aliphatic carbocycles. The Balaban J connectivity index is 2.10. The Morgan fingerprint density at radius 3 is 2.59 bits per heavy atom. The molecule has 2 rings (SSSR count). The predicted molar refractivity (Wildman–Crippen MR) is 88.4 cm³/mol. The highest BCUT2D eigenvalue weighted by molar-refractivity contribution is 6.00. The zero-order valence-corrected chi connectivity index (χ0v) is 13.2. The quantitative estimate of drug-likeness (QED) is 0.506. The molecule has 0 aliphatic rings. The monoisotopic (exact) mass is 299 g/mol. The Morgan fingerprint density at radius 1 is 1.14 bits per heavy atom. The van der Waals surface area contributed by atoms with E-state index in [2.05, 4.69) is 12.1 Å². The van der Waals surface area contributed by atoms with E-state index in [9.17, 15) is 4.39 Å². The second kappa shape index (κ2) is 8.32. The van der Waals surface area contributed by atoms with Crippen LogP contribution in [0.2, 0.25) is 0 Å². The minimum Gasteiger partial charge on any atom is -0.391 e. The Kier molecular flexibility index (Phi) is 6.13. The van der Waals surface area contributed by atoms with Gasteiger partial charge in [0.2, 0.25) is 0 Å². The van der Waals surface area contributed by atoms with Gasteiger partial charge < -0.3 is 4.84 Å². The molecule has 0 unspecified atom stereocenters. The predicted octanol–water partition coefficient (Wildman–Crippen LogP) is 5.25. The van der Waals surface area contributed by atoms with Crippen molar-refractivity contribution in [1.29, 1.82) is 0 Å². The molecule has 0 radical (unpaired) electrons. The summed E-state index contributed by atoms with van der Waals surface area (Å²) in [4.78, 5) is 5.47. The van der Waals surface area contributed by atoms with E-state index in [4.69, 9.17) is 4.84 Å². The lowest BCUT2D eigenvalue weighted by Crippen LogP contribution is -2.04. The summed E-state index contributed by atoms with van der Waals surface area (Å²) in [6.07, 6.45) is 2.85. The molecule has 2 aromatic carbocycles. The van der Waals surface area contributed by atoms with Gasteiger partial charge in [-0.1, -0.05) is 61.0 Å². The van der Waals surface area contributed by atoms with Gasteiger partial charge in [0.25, 0.3) is 0 Å². The number of hydrogen-bond donors (Lipinski definition) is 0. The van der Waals surface area contributed by atoms with Crippen LogP contribution in [-0.4, -0.2) is 5.71 Å². The van der Waals surface area contributed by atoms with E-state index >= 15 is 0 Å². The zero-order chi connectivity index (χ0) is 15.8. The van der Waals surface area contributed by atoms with Crippen molar-refractivity contribution < 1.29 is 9.23 Å². The normalized spacial score (nSPS) is 11.5. The molecular weight excluding hydrogens is 277 g/mol. The maximum absolute atomic E-state index is 13.8. The van der Waals surface area contributed by atoms with Gasteiger partial charge in [-0.25, -0.2) is 4.39 Å². The molecule has 3 heteroatoms. The number of halogens is 1. The van der Waals surface area contributed by atoms with E-state index in [1.807, 2.05) is 36.4 Å². The van der Waals surface area contributed by atoms with Crippen LogP contribution in [0, 0.1) is 12.7 Å². The van der Waals surface area contributed by atoms with E-state index in [-0.39, 0.29) is 5.82 Å². The SMILES string of the molecule is CCCC/C(=N\OCc1ccccc1)c1ccc(C)c(F)c1. The number of unbranched alkanes of at least 4 members (excludes halogenated alkanes) is 1. The van der Waals surface area contributed by atoms with Crippen molar-refractivity contribution in [1.82, 2.24) is 0 Å². The van der Waals surface area contributed by atoms with Crippen molar-refractivity contribution in [2.45, 2.75) is 39.7 Å². The third-order valence-electron chi connectivity index (χ3n) is 3.52. The minimum absolute atomic E-state index is 0.204. The molecule has 0 saturated heterocycles. The first-order valence-corrected chi connectivity index (χ1v) is 7.70. The van der Waals surface area contributed by atoms with Crippen LogP contribution in [0.5, 0.6) is 0 Å². The van der Waals surface area contributed by atoms with Gasteiger partial charge in [0.1, 0.15) is 12.4 Å². The van der Waals surface area contributed by atoms with Gasteiger partial charge in [0.05, 0.1) is 5.71 Å². The van der Waals surface area contributed by atoms with Crippen molar-refractivity contribution in [2.75, 3.05) is 0 Å². The van der Waals surface area contributed by atoms with Crippen LogP contribution in [0.1, 0.15) is 42.9 Å². The number of rotatable bonds is 7. The van der Waals surface area contributed by atoms with Crippen LogP contribution in [0.15, 0.2) is 53.7 Å². The molecule has 116 valence electrons. The van der Waals surface area contributed by atoms with Crippen LogP contribution in [-0.2, 0) is 11.4 Å². The zero-order valence-electron chi connectivity index (χ0n) is 13.2.